The first-order chi connectivity index (χ1) is 6.66. The van der Waals surface area contributed by atoms with Crippen LogP contribution >= 0.6 is 0 Å². The summed E-state index contributed by atoms with van der Waals surface area (Å²) in [6.45, 7) is 2.63. The van der Waals surface area contributed by atoms with Crippen LogP contribution in [0.4, 0.5) is 0 Å². The summed E-state index contributed by atoms with van der Waals surface area (Å²) in [6, 6.07) is 0. The van der Waals surface area contributed by atoms with Gasteiger partial charge in [-0.3, -0.25) is 10.1 Å². The van der Waals surface area contributed by atoms with Crippen LogP contribution in [0, 0.1) is 0 Å². The standard InChI is InChI=1S/C9H15N3O2/c1-2-6-5-9(3-4-14-6)7(13)11-8(10)12-9/h6H,2-5H2,1H3,(H3,10,11,12,13). The molecule has 2 unspecified atom stereocenters. The number of aliphatic imine (C=N–C) groups is 1. The van der Waals surface area contributed by atoms with Gasteiger partial charge in [0.05, 0.1) is 6.10 Å². The summed E-state index contributed by atoms with van der Waals surface area (Å²) in [5.41, 5.74) is 4.86. The van der Waals surface area contributed by atoms with Gasteiger partial charge in [0.15, 0.2) is 5.96 Å². The molecule has 2 rings (SSSR count). The minimum Gasteiger partial charge on any atom is -0.378 e. The highest BCUT2D eigenvalue weighted by Gasteiger charge is 2.46. The highest BCUT2D eigenvalue weighted by Crippen LogP contribution is 2.32. The third-order valence-electron chi connectivity index (χ3n) is 2.89. The van der Waals surface area contributed by atoms with E-state index in [0.29, 0.717) is 19.4 Å². The third kappa shape index (κ3) is 1.37. The zero-order valence-electron chi connectivity index (χ0n) is 8.25. The summed E-state index contributed by atoms with van der Waals surface area (Å²) in [7, 11) is 0. The van der Waals surface area contributed by atoms with E-state index in [0.717, 1.165) is 6.42 Å². The van der Waals surface area contributed by atoms with Gasteiger partial charge in [-0.1, -0.05) is 6.92 Å². The third-order valence-corrected chi connectivity index (χ3v) is 2.89. The fourth-order valence-electron chi connectivity index (χ4n) is 2.04. The summed E-state index contributed by atoms with van der Waals surface area (Å²) in [4.78, 5) is 15.9. The highest BCUT2D eigenvalue weighted by atomic mass is 16.5. The van der Waals surface area contributed by atoms with Gasteiger partial charge >= 0.3 is 0 Å². The minimum atomic E-state index is -0.636. The van der Waals surface area contributed by atoms with E-state index < -0.39 is 5.54 Å². The maximum atomic E-state index is 11.7. The number of nitrogens with one attached hydrogen (secondary N) is 1. The maximum absolute atomic E-state index is 11.7. The Bertz CT molecular complexity index is 290. The molecule has 0 bridgehead atoms. The number of hydrogen-bond donors (Lipinski definition) is 2. The van der Waals surface area contributed by atoms with Gasteiger partial charge < -0.3 is 10.5 Å². The summed E-state index contributed by atoms with van der Waals surface area (Å²) in [5, 5.41) is 2.56. The smallest absolute Gasteiger partial charge is 0.254 e. The molecule has 2 aliphatic rings. The van der Waals surface area contributed by atoms with E-state index in [1.54, 1.807) is 0 Å². The Morgan fingerprint density at radius 3 is 3.14 bits per heavy atom. The molecule has 14 heavy (non-hydrogen) atoms. The molecule has 0 aromatic carbocycles. The molecular formula is C9H15N3O2. The van der Waals surface area contributed by atoms with Crippen molar-refractivity contribution in [3.63, 3.8) is 0 Å². The molecule has 0 aromatic heterocycles. The van der Waals surface area contributed by atoms with Crippen molar-refractivity contribution in [1.82, 2.24) is 5.32 Å². The van der Waals surface area contributed by atoms with Crippen molar-refractivity contribution >= 4 is 11.9 Å². The average molecular weight is 197 g/mol. The number of amides is 1. The molecule has 5 heteroatoms. The van der Waals surface area contributed by atoms with Crippen LogP contribution in [0.25, 0.3) is 0 Å². The summed E-state index contributed by atoms with van der Waals surface area (Å²) < 4.78 is 5.51. The number of hydrogen-bond acceptors (Lipinski definition) is 4. The monoisotopic (exact) mass is 197 g/mol. The second kappa shape index (κ2) is 3.24. The molecule has 5 nitrogen and oxygen atoms in total. The van der Waals surface area contributed by atoms with E-state index in [1.165, 1.54) is 0 Å². The fraction of sp³-hybridized carbons (Fsp3) is 0.778. The first-order valence-electron chi connectivity index (χ1n) is 4.95. The van der Waals surface area contributed by atoms with Crippen molar-refractivity contribution in [2.24, 2.45) is 10.7 Å². The van der Waals surface area contributed by atoms with E-state index in [1.807, 2.05) is 6.92 Å². The van der Waals surface area contributed by atoms with Gasteiger partial charge in [-0.15, -0.1) is 0 Å². The summed E-state index contributed by atoms with van der Waals surface area (Å²) in [5.74, 6) is 0.170. The Hall–Kier alpha value is -1.10. The lowest BCUT2D eigenvalue weighted by Crippen LogP contribution is -2.47. The second-order valence-corrected chi connectivity index (χ2v) is 3.84. The summed E-state index contributed by atoms with van der Waals surface area (Å²) in [6.07, 6.45) is 2.32. The molecule has 1 fully saturated rings. The summed E-state index contributed by atoms with van der Waals surface area (Å²) >= 11 is 0. The molecule has 0 aromatic rings. The van der Waals surface area contributed by atoms with Gasteiger partial charge in [0.2, 0.25) is 0 Å². The SMILES string of the molecule is CCC1CC2(CCO1)N=C(N)NC2=O. The Kier molecular flexibility index (Phi) is 2.19. The van der Waals surface area contributed by atoms with Gasteiger partial charge in [0, 0.05) is 19.4 Å². The predicted octanol–water partition coefficient (Wildman–Crippen LogP) is -0.241. The topological polar surface area (TPSA) is 76.7 Å². The van der Waals surface area contributed by atoms with Crippen molar-refractivity contribution in [2.75, 3.05) is 6.61 Å². The van der Waals surface area contributed by atoms with Crippen LogP contribution in [0.15, 0.2) is 4.99 Å². The number of nitrogens with zero attached hydrogens (tertiary/aromatic N) is 1. The Morgan fingerprint density at radius 1 is 1.79 bits per heavy atom. The molecule has 0 saturated carbocycles. The molecular weight excluding hydrogens is 182 g/mol. The van der Waals surface area contributed by atoms with Gasteiger partial charge in [-0.2, -0.15) is 0 Å². The van der Waals surface area contributed by atoms with Gasteiger partial charge in [0.1, 0.15) is 5.54 Å². The molecule has 3 N–H and O–H groups in total. The maximum Gasteiger partial charge on any atom is 0.254 e. The van der Waals surface area contributed by atoms with Gasteiger partial charge in [-0.25, -0.2) is 4.99 Å². The van der Waals surface area contributed by atoms with E-state index >= 15 is 0 Å². The predicted molar refractivity (Wildman–Crippen MR) is 51.8 cm³/mol. The normalized spacial score (nSPS) is 37.1. The first-order valence-corrected chi connectivity index (χ1v) is 4.95. The molecule has 1 amide bonds. The van der Waals surface area contributed by atoms with Crippen molar-refractivity contribution in [3.05, 3.63) is 0 Å². The Morgan fingerprint density at radius 2 is 2.57 bits per heavy atom. The molecule has 2 heterocycles. The van der Waals surface area contributed by atoms with Crippen LogP contribution in [-0.4, -0.2) is 30.1 Å². The van der Waals surface area contributed by atoms with Crippen LogP contribution in [0.3, 0.4) is 0 Å². The lowest BCUT2D eigenvalue weighted by atomic mass is 9.86. The van der Waals surface area contributed by atoms with E-state index in [4.69, 9.17) is 10.5 Å². The lowest BCUT2D eigenvalue weighted by molar-refractivity contribution is -0.129. The van der Waals surface area contributed by atoms with Crippen molar-refractivity contribution in [3.8, 4) is 0 Å². The molecule has 2 atom stereocenters. The minimum absolute atomic E-state index is 0.0725. The van der Waals surface area contributed by atoms with Gasteiger partial charge in [0.25, 0.3) is 5.91 Å². The zero-order valence-corrected chi connectivity index (χ0v) is 8.25. The first kappa shape index (κ1) is 9.45. The van der Waals surface area contributed by atoms with E-state index in [-0.39, 0.29) is 18.0 Å². The number of guanidine groups is 1. The van der Waals surface area contributed by atoms with Crippen LogP contribution in [-0.2, 0) is 9.53 Å². The molecule has 0 aliphatic carbocycles. The number of rotatable bonds is 1. The largest absolute Gasteiger partial charge is 0.378 e. The fourth-order valence-corrected chi connectivity index (χ4v) is 2.04. The lowest BCUT2D eigenvalue weighted by Gasteiger charge is -2.33. The quantitative estimate of drug-likeness (QED) is 0.609. The van der Waals surface area contributed by atoms with Crippen molar-refractivity contribution in [1.29, 1.82) is 0 Å². The molecule has 1 saturated heterocycles. The Balaban J connectivity index is 2.19. The highest BCUT2D eigenvalue weighted by molar-refractivity contribution is 6.06. The number of ether oxygens (including phenoxy) is 1. The van der Waals surface area contributed by atoms with Crippen molar-refractivity contribution in [2.45, 2.75) is 37.8 Å². The molecule has 2 aliphatic heterocycles. The van der Waals surface area contributed by atoms with Crippen molar-refractivity contribution < 1.29 is 9.53 Å². The molecule has 0 radical (unpaired) electrons. The zero-order chi connectivity index (χ0) is 10.2. The molecule has 1 spiro atoms. The van der Waals surface area contributed by atoms with Gasteiger partial charge in [-0.05, 0) is 6.42 Å². The number of carbonyl (C=O) groups is 1. The van der Waals surface area contributed by atoms with Crippen LogP contribution in [0.5, 0.6) is 0 Å². The van der Waals surface area contributed by atoms with Crippen LogP contribution < -0.4 is 11.1 Å². The number of nitrogens with two attached hydrogens (primary N) is 1. The average Bonchev–Trinajstić information content (AvgIpc) is 2.42. The van der Waals surface area contributed by atoms with E-state index in [9.17, 15) is 4.79 Å². The Labute approximate surface area is 82.7 Å². The molecule has 78 valence electrons. The van der Waals surface area contributed by atoms with E-state index in [2.05, 4.69) is 10.3 Å². The second-order valence-electron chi connectivity index (χ2n) is 3.84. The van der Waals surface area contributed by atoms with Crippen LogP contribution in [0.2, 0.25) is 0 Å². The number of carbonyl (C=O) groups excluding carboxylic acids is 1. The van der Waals surface area contributed by atoms with Crippen LogP contribution in [0.1, 0.15) is 26.2 Å².